The van der Waals surface area contributed by atoms with Crippen LogP contribution >= 0.6 is 0 Å². The van der Waals surface area contributed by atoms with Gasteiger partial charge in [0.25, 0.3) is 0 Å². The van der Waals surface area contributed by atoms with Gasteiger partial charge in [-0.15, -0.1) is 10.2 Å². The second-order valence-corrected chi connectivity index (χ2v) is 8.46. The lowest BCUT2D eigenvalue weighted by molar-refractivity contribution is -0.127. The number of carbonyl (C=O) groups is 3. The number of anilines is 2. The molecule has 13 heteroatoms. The molecule has 3 atom stereocenters. The van der Waals surface area contributed by atoms with E-state index in [9.17, 15) is 14.4 Å². The summed E-state index contributed by atoms with van der Waals surface area (Å²) in [6.45, 7) is 3.71. The second-order valence-electron chi connectivity index (χ2n) is 8.46. The quantitative estimate of drug-likeness (QED) is 0.309. The smallest absolute Gasteiger partial charge is 0.247 e. The van der Waals surface area contributed by atoms with Crippen molar-refractivity contribution in [2.75, 3.05) is 16.8 Å². The minimum absolute atomic E-state index is 0.0416. The number of amides is 3. The van der Waals surface area contributed by atoms with Crippen LogP contribution in [-0.4, -0.2) is 66.9 Å². The van der Waals surface area contributed by atoms with Crippen molar-refractivity contribution in [2.24, 2.45) is 5.92 Å². The first-order valence-electron chi connectivity index (χ1n) is 11.7. The standard InChI is InChI=1S/C23H28N10O3/c1-3-14(2)20(28-23-24-9-6-10-25-23)22(36)27-13-19(34)33-16-8-5-4-7-15(16)11-17(33)21(35)26-12-18-29-31-32-30-18/h4-10,14,17,20H,3,11-13H2,1-2H3,(H,26,35)(H,27,36)(H,24,25,28)(H,29,30,31,32)/t14-,17-,20-/m0/s1. The SMILES string of the molecule is CC[C@H](C)[C@H](Nc1ncccn1)C(=O)NCC(=O)N1c2ccccc2C[C@H]1C(=O)NCc1nn[nH]n1. The number of hydrogen-bond donors (Lipinski definition) is 4. The van der Waals surface area contributed by atoms with Crippen LogP contribution in [0.1, 0.15) is 31.7 Å². The van der Waals surface area contributed by atoms with E-state index in [2.05, 4.69) is 46.5 Å². The molecule has 0 saturated heterocycles. The van der Waals surface area contributed by atoms with Gasteiger partial charge >= 0.3 is 0 Å². The molecule has 0 saturated carbocycles. The Kier molecular flexibility index (Phi) is 7.78. The van der Waals surface area contributed by atoms with Gasteiger partial charge in [-0.05, 0) is 23.6 Å². The van der Waals surface area contributed by atoms with Crippen molar-refractivity contribution in [1.29, 1.82) is 0 Å². The molecule has 36 heavy (non-hydrogen) atoms. The first kappa shape index (κ1) is 24.7. The summed E-state index contributed by atoms with van der Waals surface area (Å²) in [5.74, 6) is -0.482. The molecule has 4 N–H and O–H groups in total. The molecule has 0 radical (unpaired) electrons. The van der Waals surface area contributed by atoms with E-state index in [0.717, 1.165) is 12.0 Å². The molecular formula is C23H28N10O3. The number of H-pyrrole nitrogens is 1. The third kappa shape index (κ3) is 5.62. The molecule has 188 valence electrons. The van der Waals surface area contributed by atoms with Crippen LogP contribution in [0.4, 0.5) is 11.6 Å². The largest absolute Gasteiger partial charge is 0.347 e. The van der Waals surface area contributed by atoms with Crippen molar-refractivity contribution in [2.45, 2.75) is 45.3 Å². The number of tetrazole rings is 1. The van der Waals surface area contributed by atoms with E-state index in [-0.39, 0.29) is 30.8 Å². The van der Waals surface area contributed by atoms with Gasteiger partial charge in [-0.2, -0.15) is 5.21 Å². The minimum Gasteiger partial charge on any atom is -0.347 e. The molecule has 0 aliphatic carbocycles. The number of nitrogens with one attached hydrogen (secondary N) is 4. The second kappa shape index (κ2) is 11.3. The van der Waals surface area contributed by atoms with E-state index in [1.165, 1.54) is 4.90 Å². The monoisotopic (exact) mass is 492 g/mol. The molecule has 0 unspecified atom stereocenters. The summed E-state index contributed by atoms with van der Waals surface area (Å²) in [4.78, 5) is 49.1. The molecular weight excluding hydrogens is 464 g/mol. The summed E-state index contributed by atoms with van der Waals surface area (Å²) >= 11 is 0. The molecule has 0 fully saturated rings. The Morgan fingerprint density at radius 3 is 2.64 bits per heavy atom. The van der Waals surface area contributed by atoms with Crippen LogP contribution in [0.15, 0.2) is 42.7 Å². The highest BCUT2D eigenvalue weighted by molar-refractivity contribution is 6.05. The molecule has 3 amide bonds. The van der Waals surface area contributed by atoms with Gasteiger partial charge in [-0.3, -0.25) is 19.3 Å². The van der Waals surface area contributed by atoms with E-state index < -0.39 is 18.0 Å². The average molecular weight is 493 g/mol. The zero-order chi connectivity index (χ0) is 25.5. The number of fused-ring (bicyclic) bond motifs is 1. The Hall–Kier alpha value is -4.42. The van der Waals surface area contributed by atoms with E-state index in [1.54, 1.807) is 30.6 Å². The number of para-hydroxylation sites is 1. The van der Waals surface area contributed by atoms with E-state index in [4.69, 9.17) is 0 Å². The third-order valence-electron chi connectivity index (χ3n) is 6.12. The molecule has 4 rings (SSSR count). The van der Waals surface area contributed by atoms with Gasteiger partial charge in [-0.1, -0.05) is 43.7 Å². The molecule has 1 aliphatic heterocycles. The average Bonchev–Trinajstić information content (AvgIpc) is 3.57. The summed E-state index contributed by atoms with van der Waals surface area (Å²) in [5.41, 5.74) is 1.52. The van der Waals surface area contributed by atoms with Crippen LogP contribution in [-0.2, 0) is 27.3 Å². The molecule has 3 heterocycles. The molecule has 13 nitrogen and oxygen atoms in total. The van der Waals surface area contributed by atoms with E-state index >= 15 is 0 Å². The molecule has 2 aromatic heterocycles. The number of nitrogens with zero attached hydrogens (tertiary/aromatic N) is 6. The maximum Gasteiger partial charge on any atom is 0.247 e. The van der Waals surface area contributed by atoms with E-state index in [0.29, 0.717) is 23.9 Å². The Balaban J connectivity index is 1.44. The van der Waals surface area contributed by atoms with Gasteiger partial charge in [0.05, 0.1) is 13.1 Å². The summed E-state index contributed by atoms with van der Waals surface area (Å²) in [6.07, 6.45) is 4.25. The summed E-state index contributed by atoms with van der Waals surface area (Å²) in [7, 11) is 0. The molecule has 1 aromatic carbocycles. The Bertz CT molecular complexity index is 1190. The predicted molar refractivity (Wildman–Crippen MR) is 129 cm³/mol. The summed E-state index contributed by atoms with van der Waals surface area (Å²) < 4.78 is 0. The van der Waals surface area contributed by atoms with Gasteiger partial charge in [0.1, 0.15) is 12.1 Å². The highest BCUT2D eigenvalue weighted by Gasteiger charge is 2.38. The fraction of sp³-hybridized carbons (Fsp3) is 0.391. The first-order chi connectivity index (χ1) is 17.5. The van der Waals surface area contributed by atoms with Gasteiger partial charge in [-0.25, -0.2) is 9.97 Å². The maximum atomic E-state index is 13.3. The maximum absolute atomic E-state index is 13.3. The first-order valence-corrected chi connectivity index (χ1v) is 11.7. The van der Waals surface area contributed by atoms with Gasteiger partial charge in [0, 0.05) is 24.5 Å². The third-order valence-corrected chi connectivity index (χ3v) is 6.12. The van der Waals surface area contributed by atoms with Crippen molar-refractivity contribution >= 4 is 29.4 Å². The summed E-state index contributed by atoms with van der Waals surface area (Å²) in [5, 5.41) is 22.0. The molecule has 0 spiro atoms. The molecule has 0 bridgehead atoms. The lowest BCUT2D eigenvalue weighted by Gasteiger charge is -2.26. The van der Waals surface area contributed by atoms with Crippen molar-refractivity contribution in [3.8, 4) is 0 Å². The van der Waals surface area contributed by atoms with Gasteiger partial charge < -0.3 is 16.0 Å². The predicted octanol–water partition coefficient (Wildman–Crippen LogP) is 0.207. The Labute approximate surface area is 207 Å². The normalized spacial score (nSPS) is 16.1. The lowest BCUT2D eigenvalue weighted by atomic mass is 9.98. The molecule has 3 aromatic rings. The number of aromatic amines is 1. The van der Waals surface area contributed by atoms with Crippen LogP contribution in [0.3, 0.4) is 0 Å². The highest BCUT2D eigenvalue weighted by atomic mass is 16.2. The van der Waals surface area contributed by atoms with Crippen molar-refractivity contribution in [3.63, 3.8) is 0 Å². The van der Waals surface area contributed by atoms with Crippen LogP contribution < -0.4 is 20.9 Å². The Morgan fingerprint density at radius 2 is 1.92 bits per heavy atom. The lowest BCUT2D eigenvalue weighted by Crippen LogP contribution is -2.52. The van der Waals surface area contributed by atoms with Crippen LogP contribution in [0.5, 0.6) is 0 Å². The van der Waals surface area contributed by atoms with Gasteiger partial charge in [0.15, 0.2) is 5.82 Å². The number of aromatic nitrogens is 6. The number of benzene rings is 1. The van der Waals surface area contributed by atoms with Crippen LogP contribution in [0, 0.1) is 5.92 Å². The zero-order valence-electron chi connectivity index (χ0n) is 20.0. The van der Waals surface area contributed by atoms with Crippen molar-refractivity contribution < 1.29 is 14.4 Å². The number of rotatable bonds is 10. The number of hydrogen-bond acceptors (Lipinski definition) is 9. The molecule has 1 aliphatic rings. The highest BCUT2D eigenvalue weighted by Crippen LogP contribution is 2.32. The van der Waals surface area contributed by atoms with Crippen LogP contribution in [0.25, 0.3) is 0 Å². The summed E-state index contributed by atoms with van der Waals surface area (Å²) in [6, 6.07) is 7.62. The zero-order valence-corrected chi connectivity index (χ0v) is 20.0. The van der Waals surface area contributed by atoms with Gasteiger partial charge in [0.2, 0.25) is 23.7 Å². The Morgan fingerprint density at radius 1 is 1.14 bits per heavy atom. The fourth-order valence-corrected chi connectivity index (χ4v) is 4.02. The van der Waals surface area contributed by atoms with Crippen LogP contribution in [0.2, 0.25) is 0 Å². The van der Waals surface area contributed by atoms with E-state index in [1.807, 2.05) is 26.0 Å². The van der Waals surface area contributed by atoms with Crippen molar-refractivity contribution in [3.05, 3.63) is 54.1 Å². The minimum atomic E-state index is -0.764. The van der Waals surface area contributed by atoms with Crippen molar-refractivity contribution in [1.82, 2.24) is 41.2 Å². The topological polar surface area (TPSA) is 171 Å². The fourth-order valence-electron chi connectivity index (χ4n) is 4.02. The number of carbonyl (C=O) groups excluding carboxylic acids is 3.